The Morgan fingerprint density at radius 3 is 2.59 bits per heavy atom. The summed E-state index contributed by atoms with van der Waals surface area (Å²) in [7, 11) is 0. The molecule has 2 heterocycles. The molecule has 0 bridgehead atoms. The number of amidine groups is 1. The third-order valence-electron chi connectivity index (χ3n) is 8.46. The van der Waals surface area contributed by atoms with Gasteiger partial charge in [-0.05, 0) is 50.8 Å². The summed E-state index contributed by atoms with van der Waals surface area (Å²) < 4.78 is 28.8. The van der Waals surface area contributed by atoms with Crippen LogP contribution in [0.15, 0.2) is 29.3 Å². The number of urea groups is 1. The minimum absolute atomic E-state index is 0. The Kier molecular flexibility index (Phi) is 8.99. The lowest BCUT2D eigenvalue weighted by Crippen LogP contribution is -3.18. The van der Waals surface area contributed by atoms with E-state index in [0.29, 0.717) is 18.2 Å². The van der Waals surface area contributed by atoms with E-state index in [4.69, 9.17) is 0 Å². The molecule has 1 spiro atoms. The SMILES string of the molecule is C[C@H]1C[C@]2(CC[NH+]1CC1CCC1)C([NH2+][C@@H]1CCCC[C@H]1F)=NC(=O)N2c1cccc(F)c1.[Cl-].[Cl-]. The summed E-state index contributed by atoms with van der Waals surface area (Å²) in [5, 5.41) is 1.96. The number of alkyl halides is 1. The van der Waals surface area contributed by atoms with Crippen LogP contribution in [0.2, 0.25) is 0 Å². The molecular weight excluding hydrogens is 481 g/mol. The molecule has 3 N–H and O–H groups in total. The number of nitrogens with one attached hydrogen (secondary N) is 1. The molecule has 3 fully saturated rings. The average Bonchev–Trinajstić information content (AvgIpc) is 2.98. The Balaban J connectivity index is 0.00000162. The second-order valence-electron chi connectivity index (χ2n) is 10.5. The lowest BCUT2D eigenvalue weighted by molar-refractivity contribution is -0.933. The zero-order chi connectivity index (χ0) is 22.3. The molecule has 2 amide bonds. The van der Waals surface area contributed by atoms with Gasteiger partial charge in [0.15, 0.2) is 11.7 Å². The maximum atomic E-state index is 14.7. The van der Waals surface area contributed by atoms with Crippen LogP contribution in [0.1, 0.15) is 64.7 Å². The largest absolute Gasteiger partial charge is 1.00 e. The van der Waals surface area contributed by atoms with Gasteiger partial charge in [0.05, 0.1) is 19.1 Å². The summed E-state index contributed by atoms with van der Waals surface area (Å²) in [5.41, 5.74) is -0.0536. The zero-order valence-corrected chi connectivity index (χ0v) is 21.3. The number of quaternary nitrogens is 2. The third-order valence-corrected chi connectivity index (χ3v) is 8.46. The first-order valence-electron chi connectivity index (χ1n) is 12.5. The van der Waals surface area contributed by atoms with Crippen LogP contribution in [0.5, 0.6) is 0 Å². The van der Waals surface area contributed by atoms with E-state index in [-0.39, 0.29) is 42.7 Å². The van der Waals surface area contributed by atoms with E-state index >= 15 is 0 Å². The number of hydrogen-bond acceptors (Lipinski definition) is 1. The van der Waals surface area contributed by atoms with Crippen LogP contribution < -0.4 is 39.9 Å². The van der Waals surface area contributed by atoms with Crippen molar-refractivity contribution in [1.82, 2.24) is 0 Å². The van der Waals surface area contributed by atoms with E-state index in [9.17, 15) is 13.6 Å². The molecule has 0 aromatic heterocycles. The molecule has 2 aliphatic carbocycles. The van der Waals surface area contributed by atoms with Gasteiger partial charge < -0.3 is 29.7 Å². The molecule has 5 rings (SSSR count). The first-order valence-corrected chi connectivity index (χ1v) is 12.5. The normalized spacial score (nSPS) is 33.7. The van der Waals surface area contributed by atoms with Crippen molar-refractivity contribution in [2.24, 2.45) is 10.9 Å². The first kappa shape index (κ1) is 27.3. The quantitative estimate of drug-likeness (QED) is 0.431. The van der Waals surface area contributed by atoms with Crippen LogP contribution in [-0.4, -0.2) is 48.8 Å². The van der Waals surface area contributed by atoms with Crippen LogP contribution >= 0.6 is 0 Å². The van der Waals surface area contributed by atoms with E-state index in [1.807, 2.05) is 5.32 Å². The average molecular weight is 517 g/mol. The zero-order valence-electron chi connectivity index (χ0n) is 19.8. The first-order chi connectivity index (χ1) is 15.5. The number of aliphatic imine (C=N–C) groups is 1. The predicted octanol–water partition coefficient (Wildman–Crippen LogP) is -3.38. The maximum absolute atomic E-state index is 14.7. The van der Waals surface area contributed by atoms with Crippen molar-refractivity contribution in [2.75, 3.05) is 18.0 Å². The van der Waals surface area contributed by atoms with Crippen molar-refractivity contribution in [1.29, 1.82) is 0 Å². The van der Waals surface area contributed by atoms with E-state index < -0.39 is 11.7 Å². The monoisotopic (exact) mass is 516 g/mol. The van der Waals surface area contributed by atoms with Gasteiger partial charge in [-0.1, -0.05) is 18.9 Å². The number of amides is 2. The molecule has 5 atom stereocenters. The summed E-state index contributed by atoms with van der Waals surface area (Å²) in [5.74, 6) is 1.18. The number of nitrogens with two attached hydrogens (primary N) is 1. The van der Waals surface area contributed by atoms with Gasteiger partial charge in [0.2, 0.25) is 5.84 Å². The number of nitrogens with zero attached hydrogens (tertiary/aromatic N) is 2. The van der Waals surface area contributed by atoms with Gasteiger partial charge in [0.1, 0.15) is 11.9 Å². The van der Waals surface area contributed by atoms with Gasteiger partial charge in [-0.3, -0.25) is 10.2 Å². The van der Waals surface area contributed by atoms with Crippen molar-refractivity contribution in [3.63, 3.8) is 0 Å². The van der Waals surface area contributed by atoms with E-state index in [0.717, 1.165) is 50.4 Å². The highest BCUT2D eigenvalue weighted by Crippen LogP contribution is 2.37. The van der Waals surface area contributed by atoms with Crippen LogP contribution in [0.25, 0.3) is 0 Å². The summed E-state index contributed by atoms with van der Waals surface area (Å²) >= 11 is 0. The second-order valence-corrected chi connectivity index (χ2v) is 10.5. The molecule has 34 heavy (non-hydrogen) atoms. The Labute approximate surface area is 213 Å². The number of hydrogen-bond donors (Lipinski definition) is 2. The Morgan fingerprint density at radius 2 is 1.94 bits per heavy atom. The Morgan fingerprint density at radius 1 is 1.18 bits per heavy atom. The molecule has 1 aromatic rings. The molecule has 5 nitrogen and oxygen atoms in total. The number of benzene rings is 1. The number of piperidine rings is 1. The molecule has 0 radical (unpaired) electrons. The number of carbonyl (C=O) groups excluding carboxylic acids is 1. The number of carbonyl (C=O) groups is 1. The molecule has 4 aliphatic rings. The van der Waals surface area contributed by atoms with Gasteiger partial charge in [-0.25, -0.2) is 13.6 Å². The van der Waals surface area contributed by atoms with E-state index in [2.05, 4.69) is 11.9 Å². The minimum Gasteiger partial charge on any atom is -1.00 e. The molecule has 9 heteroatoms. The van der Waals surface area contributed by atoms with E-state index in [1.165, 1.54) is 37.9 Å². The van der Waals surface area contributed by atoms with Crippen LogP contribution in [0, 0.1) is 11.7 Å². The molecule has 1 unspecified atom stereocenters. The summed E-state index contributed by atoms with van der Waals surface area (Å²) in [4.78, 5) is 21.0. The fraction of sp³-hybridized carbons (Fsp3) is 0.680. The van der Waals surface area contributed by atoms with Crippen molar-refractivity contribution < 1.29 is 48.6 Å². The van der Waals surface area contributed by atoms with Gasteiger partial charge in [0.25, 0.3) is 0 Å². The number of halogens is 4. The fourth-order valence-corrected chi connectivity index (χ4v) is 6.40. The summed E-state index contributed by atoms with van der Waals surface area (Å²) in [6.45, 7) is 4.40. The Hall–Kier alpha value is -1.28. The summed E-state index contributed by atoms with van der Waals surface area (Å²) in [6.07, 6.45) is 8.01. The predicted molar refractivity (Wildman–Crippen MR) is 120 cm³/mol. The van der Waals surface area contributed by atoms with Gasteiger partial charge >= 0.3 is 6.03 Å². The maximum Gasteiger partial charge on any atom is 0.353 e. The fourth-order valence-electron chi connectivity index (χ4n) is 6.40. The minimum atomic E-state index is -0.872. The van der Waals surface area contributed by atoms with Crippen LogP contribution in [0.3, 0.4) is 0 Å². The molecule has 2 aliphatic heterocycles. The van der Waals surface area contributed by atoms with Gasteiger partial charge in [0, 0.05) is 30.9 Å². The van der Waals surface area contributed by atoms with Crippen molar-refractivity contribution in [2.45, 2.75) is 88.5 Å². The number of rotatable bonds is 4. The Bertz CT molecular complexity index is 899. The molecule has 190 valence electrons. The number of likely N-dealkylation sites (tertiary alicyclic amines) is 1. The van der Waals surface area contributed by atoms with Gasteiger partial charge in [-0.15, -0.1) is 4.99 Å². The lowest BCUT2D eigenvalue weighted by Gasteiger charge is -2.46. The highest BCUT2D eigenvalue weighted by molar-refractivity contribution is 6.13. The standard InChI is InChI=1S/C25H34F2N4O.2ClH/c1-17-15-25(12-13-30(17)16-18-6-4-7-18)23(28-22-11-3-2-10-21(22)27)29-24(32)31(25)20-9-5-8-19(26)14-20;;/h5,8-9,14,17-18,21-22H,2-4,6-7,10-13,15-16H2,1H3,(H,28,29,32);2*1H/t17-,21+,22+,25+;;/m0../s1. The number of anilines is 1. The highest BCUT2D eigenvalue weighted by atomic mass is 35.5. The van der Waals surface area contributed by atoms with E-state index in [1.54, 1.807) is 21.9 Å². The summed E-state index contributed by atoms with van der Waals surface area (Å²) in [6, 6.07) is 6.09. The van der Waals surface area contributed by atoms with Crippen molar-refractivity contribution in [3.8, 4) is 0 Å². The van der Waals surface area contributed by atoms with Crippen LogP contribution in [-0.2, 0) is 0 Å². The third kappa shape index (κ3) is 5.13. The molecule has 1 saturated heterocycles. The highest BCUT2D eigenvalue weighted by Gasteiger charge is 2.58. The molecule has 1 aromatic carbocycles. The second kappa shape index (κ2) is 11.2. The smallest absolute Gasteiger partial charge is 0.353 e. The van der Waals surface area contributed by atoms with Crippen molar-refractivity contribution >= 4 is 17.6 Å². The lowest BCUT2D eigenvalue weighted by atomic mass is 9.78. The molecule has 2 saturated carbocycles. The van der Waals surface area contributed by atoms with Crippen molar-refractivity contribution in [3.05, 3.63) is 30.1 Å². The van der Waals surface area contributed by atoms with Gasteiger partial charge in [-0.2, -0.15) is 0 Å². The molecular formula is C25H36Cl2F2N4O. The van der Waals surface area contributed by atoms with Crippen LogP contribution in [0.4, 0.5) is 19.3 Å². The topological polar surface area (TPSA) is 53.7 Å².